The highest BCUT2D eigenvalue weighted by molar-refractivity contribution is 7.85. The molecule has 0 fully saturated rings. The van der Waals surface area contributed by atoms with Gasteiger partial charge in [-0.3, -0.25) is 0 Å². The molecule has 0 bridgehead atoms. The molecular weight excluding hydrogens is 280 g/mol. The van der Waals surface area contributed by atoms with Crippen LogP contribution in [-0.2, 0) is 10.1 Å². The maximum atomic E-state index is 10.5. The molecule has 0 rings (SSSR count). The summed E-state index contributed by atoms with van der Waals surface area (Å²) in [6.45, 7) is 8.51. The Morgan fingerprint density at radius 1 is 1.35 bits per heavy atom. The first-order valence-corrected chi connectivity index (χ1v) is 8.21. The van der Waals surface area contributed by atoms with Crippen molar-refractivity contribution in [1.82, 2.24) is 5.32 Å². The summed E-state index contributed by atoms with van der Waals surface area (Å²) in [7, 11) is -0.497. The normalized spacial score (nSPS) is 13.0. The van der Waals surface area contributed by atoms with Gasteiger partial charge in [0.15, 0.2) is 0 Å². The third kappa shape index (κ3) is 13.6. The minimum atomic E-state index is -4.14. The lowest BCUT2D eigenvalue weighted by Crippen LogP contribution is -2.35. The van der Waals surface area contributed by atoms with Gasteiger partial charge in [0.2, 0.25) is 0 Å². The second-order valence-corrected chi connectivity index (χ2v) is 6.93. The largest absolute Gasteiger partial charge is 0.748 e. The molecule has 0 saturated heterocycles. The molecule has 0 aliphatic carbocycles. The van der Waals surface area contributed by atoms with Crippen molar-refractivity contribution in [3.05, 3.63) is 12.2 Å². The monoisotopic (exact) mass is 306 g/mol. The molecule has 0 radical (unpaired) electrons. The van der Waals surface area contributed by atoms with E-state index in [9.17, 15) is 13.0 Å². The molecule has 118 valence electrons. The van der Waals surface area contributed by atoms with E-state index < -0.39 is 10.1 Å². The summed E-state index contributed by atoms with van der Waals surface area (Å²) in [6.07, 6.45) is 1.17. The van der Waals surface area contributed by atoms with Crippen molar-refractivity contribution >= 4 is 10.1 Å². The first-order valence-electron chi connectivity index (χ1n) is 6.63. The Morgan fingerprint density at radius 2 is 2.00 bits per heavy atom. The maximum absolute atomic E-state index is 10.5. The van der Waals surface area contributed by atoms with Crippen molar-refractivity contribution in [3.8, 4) is 0 Å². The number of quaternary nitrogens is 1. The van der Waals surface area contributed by atoms with Crippen LogP contribution in [0.2, 0.25) is 0 Å². The molecule has 0 atom stereocenters. The van der Waals surface area contributed by atoms with Gasteiger partial charge >= 0.3 is 0 Å². The number of hydrogen-bond acceptors (Lipinski definition) is 6. The van der Waals surface area contributed by atoms with E-state index in [0.29, 0.717) is 13.1 Å². The molecule has 0 aliphatic heterocycles. The standard InChI is InChI=1S/C12H26N4O3S/c1-12(2)11-13-7-5-8-14-15-16(3,4)9-6-10-20(17,18)19/h13H,1,5-11H2,2-4H3. The minimum Gasteiger partial charge on any atom is -0.748 e. The van der Waals surface area contributed by atoms with Crippen molar-refractivity contribution < 1.29 is 17.6 Å². The van der Waals surface area contributed by atoms with Gasteiger partial charge in [-0.2, -0.15) is 4.59 Å². The summed E-state index contributed by atoms with van der Waals surface area (Å²) < 4.78 is 31.7. The third-order valence-corrected chi connectivity index (χ3v) is 3.23. The molecule has 0 unspecified atom stereocenters. The van der Waals surface area contributed by atoms with E-state index in [0.717, 1.165) is 25.1 Å². The van der Waals surface area contributed by atoms with E-state index in [1.807, 2.05) is 21.0 Å². The quantitative estimate of drug-likeness (QED) is 0.153. The Kier molecular flexibility index (Phi) is 8.79. The highest BCUT2D eigenvalue weighted by atomic mass is 32.2. The lowest BCUT2D eigenvalue weighted by Gasteiger charge is -2.20. The van der Waals surface area contributed by atoms with Crippen LogP contribution in [0.3, 0.4) is 0 Å². The van der Waals surface area contributed by atoms with Crippen LogP contribution in [0.5, 0.6) is 0 Å². The fourth-order valence-corrected chi connectivity index (χ4v) is 1.95. The molecule has 0 aromatic rings. The molecule has 0 heterocycles. The zero-order valence-corrected chi connectivity index (χ0v) is 13.4. The summed E-state index contributed by atoms with van der Waals surface area (Å²) in [5, 5.41) is 11.4. The highest BCUT2D eigenvalue weighted by Gasteiger charge is 2.14. The van der Waals surface area contributed by atoms with Gasteiger partial charge in [-0.1, -0.05) is 12.2 Å². The fraction of sp³-hybridized carbons (Fsp3) is 0.833. The number of hydrogen-bond donors (Lipinski definition) is 1. The van der Waals surface area contributed by atoms with Gasteiger partial charge in [-0.05, 0) is 19.9 Å². The number of rotatable bonds is 11. The summed E-state index contributed by atoms with van der Waals surface area (Å²) in [5.41, 5.74) is 1.10. The van der Waals surface area contributed by atoms with E-state index in [1.165, 1.54) is 0 Å². The predicted octanol–water partition coefficient (Wildman–Crippen LogP) is 0.921. The van der Waals surface area contributed by atoms with Gasteiger partial charge in [0.1, 0.15) is 6.54 Å². The molecule has 8 heteroatoms. The van der Waals surface area contributed by atoms with Crippen LogP contribution in [0.1, 0.15) is 19.8 Å². The highest BCUT2D eigenvalue weighted by Crippen LogP contribution is 2.03. The van der Waals surface area contributed by atoms with Gasteiger partial charge < -0.3 is 9.87 Å². The lowest BCUT2D eigenvalue weighted by molar-refractivity contribution is -0.902. The number of nitrogens with zero attached hydrogens (tertiary/aromatic N) is 3. The van der Waals surface area contributed by atoms with Crippen LogP contribution in [-0.4, -0.2) is 63.6 Å². The molecule has 7 nitrogen and oxygen atoms in total. The van der Waals surface area contributed by atoms with Crippen LogP contribution in [0.25, 0.3) is 0 Å². The molecule has 0 aromatic heterocycles. The van der Waals surface area contributed by atoms with Gasteiger partial charge in [-0.15, -0.1) is 5.11 Å². The molecule has 0 spiro atoms. The van der Waals surface area contributed by atoms with Crippen molar-refractivity contribution in [2.24, 2.45) is 10.3 Å². The SMILES string of the molecule is C=C(C)CNCCCN=N[N+](C)(C)CCCS(=O)(=O)[O-]. The van der Waals surface area contributed by atoms with Crippen LogP contribution in [0.4, 0.5) is 0 Å². The Labute approximate surface area is 122 Å². The molecule has 0 aliphatic rings. The predicted molar refractivity (Wildman–Crippen MR) is 78.2 cm³/mol. The Hall–Kier alpha value is -0.830. The first-order chi connectivity index (χ1) is 9.12. The zero-order valence-electron chi connectivity index (χ0n) is 12.6. The second-order valence-electron chi connectivity index (χ2n) is 5.40. The Bertz CT molecular complexity index is 418. The smallest absolute Gasteiger partial charge is 0.105 e. The van der Waals surface area contributed by atoms with Crippen LogP contribution >= 0.6 is 0 Å². The average molecular weight is 306 g/mol. The van der Waals surface area contributed by atoms with Gasteiger partial charge in [0, 0.05) is 23.9 Å². The topological polar surface area (TPSA) is 94.0 Å². The molecule has 1 N–H and O–H groups in total. The van der Waals surface area contributed by atoms with Gasteiger partial charge in [0.05, 0.1) is 30.8 Å². The summed E-state index contributed by atoms with van der Waals surface area (Å²) in [4.78, 5) is 0. The summed E-state index contributed by atoms with van der Waals surface area (Å²) in [5.74, 6) is -0.352. The second kappa shape index (κ2) is 9.17. The van der Waals surface area contributed by atoms with Gasteiger partial charge in [-0.25, -0.2) is 8.42 Å². The minimum absolute atomic E-state index is 0.231. The van der Waals surface area contributed by atoms with Gasteiger partial charge in [0.25, 0.3) is 0 Å². The maximum Gasteiger partial charge on any atom is 0.105 e. The van der Waals surface area contributed by atoms with Crippen molar-refractivity contribution in [1.29, 1.82) is 0 Å². The first kappa shape index (κ1) is 19.2. The molecule has 20 heavy (non-hydrogen) atoms. The lowest BCUT2D eigenvalue weighted by atomic mass is 10.3. The molecule has 0 aromatic carbocycles. The van der Waals surface area contributed by atoms with E-state index in [4.69, 9.17) is 0 Å². The summed E-state index contributed by atoms with van der Waals surface area (Å²) >= 11 is 0. The van der Waals surface area contributed by atoms with E-state index in [1.54, 1.807) is 0 Å². The van der Waals surface area contributed by atoms with Crippen molar-refractivity contribution in [2.45, 2.75) is 19.8 Å². The van der Waals surface area contributed by atoms with Crippen molar-refractivity contribution in [2.75, 3.05) is 46.0 Å². The van der Waals surface area contributed by atoms with E-state index in [-0.39, 0.29) is 16.8 Å². The van der Waals surface area contributed by atoms with Crippen LogP contribution in [0.15, 0.2) is 22.5 Å². The molecule has 0 amide bonds. The van der Waals surface area contributed by atoms with E-state index >= 15 is 0 Å². The average Bonchev–Trinajstić information content (AvgIpc) is 2.25. The van der Waals surface area contributed by atoms with Crippen molar-refractivity contribution in [3.63, 3.8) is 0 Å². The fourth-order valence-electron chi connectivity index (χ4n) is 1.47. The molecular formula is C12H26N4O3S. The number of nitrogens with one attached hydrogen (secondary N) is 1. The Balaban J connectivity index is 3.78. The third-order valence-electron chi connectivity index (χ3n) is 2.44. The van der Waals surface area contributed by atoms with Crippen LogP contribution < -0.4 is 5.32 Å². The Morgan fingerprint density at radius 3 is 2.55 bits per heavy atom. The summed E-state index contributed by atoms with van der Waals surface area (Å²) in [6, 6.07) is 0. The van der Waals surface area contributed by atoms with E-state index in [2.05, 4.69) is 22.2 Å². The zero-order chi connectivity index (χ0) is 15.6. The molecule has 0 saturated carbocycles. The van der Waals surface area contributed by atoms with Crippen LogP contribution in [0, 0.1) is 0 Å².